The summed E-state index contributed by atoms with van der Waals surface area (Å²) in [4.78, 5) is 24.9. The topological polar surface area (TPSA) is 102 Å². The number of nitrogens with zero attached hydrogens (tertiary/aromatic N) is 1. The molecule has 8 nitrogen and oxygen atoms in total. The Morgan fingerprint density at radius 2 is 1.71 bits per heavy atom. The smallest absolute Gasteiger partial charge is 0.338 e. The van der Waals surface area contributed by atoms with E-state index < -0.39 is 28.0 Å². The number of hydrogen-bond acceptors (Lipinski definition) is 6. The fourth-order valence-electron chi connectivity index (χ4n) is 3.64. The van der Waals surface area contributed by atoms with Crippen LogP contribution in [0.15, 0.2) is 47.4 Å². The van der Waals surface area contributed by atoms with Gasteiger partial charge in [0, 0.05) is 19.6 Å². The van der Waals surface area contributed by atoms with E-state index in [0.717, 1.165) is 25.7 Å². The summed E-state index contributed by atoms with van der Waals surface area (Å²) < 4.78 is 51.5. The van der Waals surface area contributed by atoms with E-state index >= 15 is 0 Å². The second-order valence-corrected chi connectivity index (χ2v) is 9.98. The van der Waals surface area contributed by atoms with Gasteiger partial charge in [-0.3, -0.25) is 4.79 Å². The number of nitrogens with one attached hydrogen (secondary N) is 1. The highest BCUT2D eigenvalue weighted by Gasteiger charge is 2.30. The van der Waals surface area contributed by atoms with E-state index in [1.807, 2.05) is 0 Å². The Kier molecular flexibility index (Phi) is 8.62. The summed E-state index contributed by atoms with van der Waals surface area (Å²) in [7, 11) is -2.51. The predicted molar refractivity (Wildman–Crippen MR) is 123 cm³/mol. The van der Waals surface area contributed by atoms with Crippen LogP contribution < -0.4 is 10.1 Å². The Labute approximate surface area is 199 Å². The number of amides is 1. The van der Waals surface area contributed by atoms with Gasteiger partial charge in [-0.2, -0.15) is 4.31 Å². The summed E-state index contributed by atoms with van der Waals surface area (Å²) in [6.45, 7) is 2.37. The zero-order valence-electron chi connectivity index (χ0n) is 19.3. The first-order valence-electron chi connectivity index (χ1n) is 11.1. The van der Waals surface area contributed by atoms with Gasteiger partial charge < -0.3 is 14.8 Å². The zero-order chi connectivity index (χ0) is 24.7. The normalized spacial score (nSPS) is 15.7. The van der Waals surface area contributed by atoms with Gasteiger partial charge in [0.2, 0.25) is 10.0 Å². The molecule has 1 aliphatic rings. The summed E-state index contributed by atoms with van der Waals surface area (Å²) in [5, 5.41) is 2.62. The van der Waals surface area contributed by atoms with Crippen LogP contribution in [0.2, 0.25) is 0 Å². The van der Waals surface area contributed by atoms with Crippen molar-refractivity contribution in [3.05, 3.63) is 59.4 Å². The average Bonchev–Trinajstić information content (AvgIpc) is 3.13. The molecule has 1 heterocycles. The first-order valence-corrected chi connectivity index (χ1v) is 12.6. The van der Waals surface area contributed by atoms with Gasteiger partial charge in [-0.1, -0.05) is 25.0 Å². The van der Waals surface area contributed by atoms with Crippen molar-refractivity contribution in [2.75, 3.05) is 20.2 Å². The van der Waals surface area contributed by atoms with Crippen molar-refractivity contribution in [3.8, 4) is 5.75 Å². The number of halogens is 1. The molecule has 1 saturated heterocycles. The number of sulfonamides is 1. The third kappa shape index (κ3) is 6.32. The van der Waals surface area contributed by atoms with Crippen LogP contribution >= 0.6 is 0 Å². The van der Waals surface area contributed by atoms with Crippen LogP contribution in [0, 0.1) is 5.82 Å². The molecule has 184 valence electrons. The second-order valence-electron chi connectivity index (χ2n) is 8.08. The first kappa shape index (κ1) is 25.6. The zero-order valence-corrected chi connectivity index (χ0v) is 20.1. The van der Waals surface area contributed by atoms with Gasteiger partial charge in [0.1, 0.15) is 16.5 Å². The van der Waals surface area contributed by atoms with Crippen LogP contribution in [0.3, 0.4) is 0 Å². The molecule has 0 aromatic heterocycles. The highest BCUT2D eigenvalue weighted by molar-refractivity contribution is 7.89. The summed E-state index contributed by atoms with van der Waals surface area (Å²) in [6.07, 6.45) is 2.36. The Bertz CT molecular complexity index is 1110. The Hall–Kier alpha value is -2.98. The number of esters is 1. The largest absolute Gasteiger partial charge is 0.495 e. The monoisotopic (exact) mass is 492 g/mol. The van der Waals surface area contributed by atoms with Crippen molar-refractivity contribution in [3.63, 3.8) is 0 Å². The van der Waals surface area contributed by atoms with E-state index in [4.69, 9.17) is 9.47 Å². The van der Waals surface area contributed by atoms with Crippen molar-refractivity contribution in [2.24, 2.45) is 0 Å². The van der Waals surface area contributed by atoms with Gasteiger partial charge in [-0.25, -0.2) is 17.6 Å². The van der Waals surface area contributed by atoms with Crippen molar-refractivity contribution in [1.29, 1.82) is 0 Å². The number of hydrogen-bond donors (Lipinski definition) is 1. The quantitative estimate of drug-likeness (QED) is 0.568. The molecule has 2 aromatic carbocycles. The van der Waals surface area contributed by atoms with Crippen molar-refractivity contribution in [1.82, 2.24) is 9.62 Å². The SMILES string of the molecule is COc1ccc(C(=O)OC(C)C(=O)NCc2ccc(F)cc2)cc1S(=O)(=O)N1CCCCCC1. The maximum absolute atomic E-state index is 13.3. The lowest BCUT2D eigenvalue weighted by atomic mass is 10.2. The molecule has 0 saturated carbocycles. The standard InChI is InChI=1S/C24H29FN2O6S/c1-17(23(28)26-16-18-7-10-20(25)11-8-18)33-24(29)19-9-12-21(32-2)22(15-19)34(30,31)27-13-5-3-4-6-14-27/h7-12,15,17H,3-6,13-14,16H2,1-2H3,(H,26,28). The van der Waals surface area contributed by atoms with E-state index in [0.29, 0.717) is 18.7 Å². The lowest BCUT2D eigenvalue weighted by Gasteiger charge is -2.21. The van der Waals surface area contributed by atoms with Gasteiger partial charge in [0.05, 0.1) is 12.7 Å². The molecule has 1 atom stereocenters. The van der Waals surface area contributed by atoms with Crippen molar-refractivity contribution in [2.45, 2.75) is 50.2 Å². The summed E-state index contributed by atoms with van der Waals surface area (Å²) in [6, 6.07) is 9.67. The molecule has 1 N–H and O–H groups in total. The van der Waals surface area contributed by atoms with Crippen LogP contribution in [0.25, 0.3) is 0 Å². The molecule has 3 rings (SSSR count). The molecule has 34 heavy (non-hydrogen) atoms. The van der Waals surface area contributed by atoms with Gasteiger partial charge in [0.15, 0.2) is 6.10 Å². The number of benzene rings is 2. The maximum atomic E-state index is 13.3. The van der Waals surface area contributed by atoms with Crippen molar-refractivity contribution >= 4 is 21.9 Å². The summed E-state index contributed by atoms with van der Waals surface area (Å²) in [5.41, 5.74) is 0.680. The highest BCUT2D eigenvalue weighted by Crippen LogP contribution is 2.29. The first-order chi connectivity index (χ1) is 16.2. The van der Waals surface area contributed by atoms with E-state index in [1.54, 1.807) is 0 Å². The van der Waals surface area contributed by atoms with E-state index in [-0.39, 0.29) is 28.6 Å². The predicted octanol–water partition coefficient (Wildman–Crippen LogP) is 3.26. The van der Waals surface area contributed by atoms with Crippen LogP contribution in [0.5, 0.6) is 5.75 Å². The highest BCUT2D eigenvalue weighted by atomic mass is 32.2. The number of methoxy groups -OCH3 is 1. The van der Waals surface area contributed by atoms with Crippen LogP contribution in [-0.2, 0) is 26.1 Å². The fraction of sp³-hybridized carbons (Fsp3) is 0.417. The number of carbonyl (C=O) groups is 2. The number of ether oxygens (including phenoxy) is 2. The lowest BCUT2D eigenvalue weighted by Crippen LogP contribution is -2.35. The minimum absolute atomic E-state index is 0.00705. The van der Waals surface area contributed by atoms with E-state index in [2.05, 4.69) is 5.32 Å². The number of carbonyl (C=O) groups excluding carboxylic acids is 2. The summed E-state index contributed by atoms with van der Waals surface area (Å²) in [5.74, 6) is -1.62. The van der Waals surface area contributed by atoms with Gasteiger partial charge in [0.25, 0.3) is 5.91 Å². The molecule has 0 aliphatic carbocycles. The molecule has 2 aromatic rings. The van der Waals surface area contributed by atoms with Crippen LogP contribution in [0.4, 0.5) is 4.39 Å². The maximum Gasteiger partial charge on any atom is 0.338 e. The molecular formula is C24H29FN2O6S. The fourth-order valence-corrected chi connectivity index (χ4v) is 5.34. The molecule has 0 bridgehead atoms. The molecule has 1 fully saturated rings. The molecule has 0 spiro atoms. The van der Waals surface area contributed by atoms with Crippen molar-refractivity contribution < 1.29 is 31.9 Å². The van der Waals surface area contributed by atoms with Crippen LogP contribution in [0.1, 0.15) is 48.5 Å². The van der Waals surface area contributed by atoms with Crippen LogP contribution in [-0.4, -0.2) is 50.9 Å². The average molecular weight is 493 g/mol. The minimum Gasteiger partial charge on any atom is -0.495 e. The van der Waals surface area contributed by atoms with Gasteiger partial charge >= 0.3 is 5.97 Å². The molecule has 1 aliphatic heterocycles. The summed E-state index contributed by atoms with van der Waals surface area (Å²) >= 11 is 0. The molecular weight excluding hydrogens is 463 g/mol. The van der Waals surface area contributed by atoms with Gasteiger partial charge in [-0.15, -0.1) is 0 Å². The molecule has 0 radical (unpaired) electrons. The third-order valence-electron chi connectivity index (χ3n) is 5.62. The van der Waals surface area contributed by atoms with E-state index in [1.165, 1.54) is 60.8 Å². The van der Waals surface area contributed by atoms with Gasteiger partial charge in [-0.05, 0) is 55.7 Å². The van der Waals surface area contributed by atoms with E-state index in [9.17, 15) is 22.4 Å². The third-order valence-corrected chi connectivity index (χ3v) is 7.54. The number of rotatable bonds is 8. The lowest BCUT2D eigenvalue weighted by molar-refractivity contribution is -0.129. The molecule has 1 unspecified atom stereocenters. The minimum atomic E-state index is -3.88. The molecule has 10 heteroatoms. The Morgan fingerprint density at radius 1 is 1.06 bits per heavy atom. The second kappa shape index (κ2) is 11.4. The molecule has 1 amide bonds. The Balaban J connectivity index is 1.70. The Morgan fingerprint density at radius 3 is 2.32 bits per heavy atom.